The van der Waals surface area contributed by atoms with E-state index in [1.54, 1.807) is 0 Å². The minimum Gasteiger partial charge on any atom is -0.478 e. The van der Waals surface area contributed by atoms with Crippen molar-refractivity contribution in [3.8, 4) is 0 Å². The Bertz CT molecular complexity index is 636. The maximum Gasteiger partial charge on any atom is 0.471 e. The van der Waals surface area contributed by atoms with Gasteiger partial charge in [-0.3, -0.25) is 14.5 Å². The summed E-state index contributed by atoms with van der Waals surface area (Å²) in [5, 5.41) is 8.97. The summed E-state index contributed by atoms with van der Waals surface area (Å²) >= 11 is 0. The highest BCUT2D eigenvalue weighted by atomic mass is 19.4. The number of hydrogen-bond acceptors (Lipinski definition) is 3. The van der Waals surface area contributed by atoms with Crippen LogP contribution >= 0.6 is 0 Å². The molecule has 1 aliphatic rings. The van der Waals surface area contributed by atoms with E-state index in [1.807, 2.05) is 4.98 Å². The molecule has 0 fully saturated rings. The van der Waals surface area contributed by atoms with Crippen LogP contribution in [0.2, 0.25) is 0 Å². The first-order chi connectivity index (χ1) is 9.23. The third-order valence-electron chi connectivity index (χ3n) is 2.97. The zero-order valence-electron chi connectivity index (χ0n) is 9.95. The van der Waals surface area contributed by atoms with Crippen LogP contribution in [-0.2, 0) is 11.2 Å². The van der Waals surface area contributed by atoms with E-state index in [2.05, 4.69) is 0 Å². The summed E-state index contributed by atoms with van der Waals surface area (Å²) in [4.78, 5) is 36.3. The van der Waals surface area contributed by atoms with E-state index in [0.717, 1.165) is 6.20 Å². The highest BCUT2D eigenvalue weighted by Gasteiger charge is 2.45. The number of carbonyl (C=O) groups excluding carboxylic acids is 1. The van der Waals surface area contributed by atoms with Gasteiger partial charge in [-0.2, -0.15) is 13.2 Å². The molecule has 0 spiro atoms. The predicted molar refractivity (Wildman–Crippen MR) is 60.8 cm³/mol. The number of carboxylic acids is 1. The van der Waals surface area contributed by atoms with E-state index in [4.69, 9.17) is 5.11 Å². The Morgan fingerprint density at radius 3 is 2.55 bits per heavy atom. The fraction of sp³-hybridized carbons (Fsp3) is 0.364. The predicted octanol–water partition coefficient (Wildman–Crippen LogP) is 0.915. The average molecular weight is 290 g/mol. The van der Waals surface area contributed by atoms with Gasteiger partial charge in [-0.25, -0.2) is 4.79 Å². The second-order valence-corrected chi connectivity index (χ2v) is 4.22. The molecule has 1 aliphatic heterocycles. The van der Waals surface area contributed by atoms with Crippen molar-refractivity contribution in [2.45, 2.75) is 19.0 Å². The van der Waals surface area contributed by atoms with Crippen molar-refractivity contribution < 1.29 is 27.9 Å². The third-order valence-corrected chi connectivity index (χ3v) is 2.97. The molecule has 0 atom stereocenters. The Hall–Kier alpha value is -2.32. The number of fused-ring (bicyclic) bond motifs is 1. The SMILES string of the molecule is O=C(O)c1c[nH]c(=O)c2c1CCCN2C(=O)C(F)(F)F. The maximum absolute atomic E-state index is 12.5. The number of nitrogens with one attached hydrogen (secondary N) is 1. The van der Waals surface area contributed by atoms with Gasteiger partial charge in [-0.05, 0) is 18.4 Å². The fourth-order valence-corrected chi connectivity index (χ4v) is 2.17. The minimum atomic E-state index is -5.12. The van der Waals surface area contributed by atoms with Crippen LogP contribution in [0.5, 0.6) is 0 Å². The van der Waals surface area contributed by atoms with Crippen molar-refractivity contribution in [2.24, 2.45) is 0 Å². The lowest BCUT2D eigenvalue weighted by molar-refractivity contribution is -0.170. The van der Waals surface area contributed by atoms with Crippen LogP contribution in [0.1, 0.15) is 22.3 Å². The largest absolute Gasteiger partial charge is 0.478 e. The first-order valence-electron chi connectivity index (χ1n) is 5.60. The third kappa shape index (κ3) is 2.26. The van der Waals surface area contributed by atoms with Gasteiger partial charge >= 0.3 is 18.1 Å². The number of aromatic nitrogens is 1. The van der Waals surface area contributed by atoms with Crippen LogP contribution in [0.25, 0.3) is 0 Å². The molecule has 0 aliphatic carbocycles. The normalized spacial score (nSPS) is 14.8. The summed E-state index contributed by atoms with van der Waals surface area (Å²) in [5.41, 5.74) is -1.80. The molecule has 2 heterocycles. The zero-order valence-corrected chi connectivity index (χ0v) is 9.95. The van der Waals surface area contributed by atoms with Crippen molar-refractivity contribution in [3.05, 3.63) is 27.7 Å². The Labute approximate surface area is 109 Å². The summed E-state index contributed by atoms with van der Waals surface area (Å²) in [6, 6.07) is 0. The number of anilines is 1. The van der Waals surface area contributed by atoms with Gasteiger partial charge in [0.1, 0.15) is 5.69 Å². The van der Waals surface area contributed by atoms with E-state index in [-0.39, 0.29) is 30.5 Å². The molecule has 0 bridgehead atoms. The van der Waals surface area contributed by atoms with Gasteiger partial charge in [0.15, 0.2) is 0 Å². The molecule has 20 heavy (non-hydrogen) atoms. The molecule has 0 radical (unpaired) electrons. The van der Waals surface area contributed by atoms with E-state index in [9.17, 15) is 27.6 Å². The Morgan fingerprint density at radius 1 is 1.35 bits per heavy atom. The average Bonchev–Trinajstić information content (AvgIpc) is 2.36. The number of pyridine rings is 1. The summed E-state index contributed by atoms with van der Waals surface area (Å²) < 4.78 is 37.5. The maximum atomic E-state index is 12.5. The lowest BCUT2D eigenvalue weighted by Gasteiger charge is -2.29. The number of aromatic amines is 1. The van der Waals surface area contributed by atoms with Crippen molar-refractivity contribution in [3.63, 3.8) is 0 Å². The molecular weight excluding hydrogens is 281 g/mol. The molecule has 6 nitrogen and oxygen atoms in total. The van der Waals surface area contributed by atoms with E-state index in [1.165, 1.54) is 0 Å². The van der Waals surface area contributed by atoms with Crippen LogP contribution < -0.4 is 10.5 Å². The summed E-state index contributed by atoms with van der Waals surface area (Å²) in [5.74, 6) is -3.55. The molecule has 1 aromatic rings. The summed E-state index contributed by atoms with van der Waals surface area (Å²) in [6.07, 6.45) is -3.92. The van der Waals surface area contributed by atoms with Gasteiger partial charge in [0.25, 0.3) is 5.56 Å². The molecule has 108 valence electrons. The van der Waals surface area contributed by atoms with Gasteiger partial charge < -0.3 is 10.1 Å². The number of rotatable bonds is 1. The second-order valence-electron chi connectivity index (χ2n) is 4.22. The highest BCUT2D eigenvalue weighted by Crippen LogP contribution is 2.30. The zero-order chi connectivity index (χ0) is 15.1. The van der Waals surface area contributed by atoms with Gasteiger partial charge in [-0.15, -0.1) is 0 Å². The molecule has 1 amide bonds. The number of nitrogens with zero attached hydrogens (tertiary/aromatic N) is 1. The highest BCUT2D eigenvalue weighted by molar-refractivity contribution is 6.00. The lowest BCUT2D eigenvalue weighted by atomic mass is 9.98. The number of amides is 1. The molecule has 0 aromatic carbocycles. The standard InChI is InChI=1S/C11H9F3N2O4/c12-11(13,14)10(20)16-3-1-2-5-6(9(18)19)4-15-8(17)7(5)16/h4H,1-3H2,(H,15,17)(H,18,19). The van der Waals surface area contributed by atoms with E-state index >= 15 is 0 Å². The van der Waals surface area contributed by atoms with Gasteiger partial charge in [0.05, 0.1) is 5.56 Å². The number of carboxylic acid groups (broad SMARTS) is 1. The van der Waals surface area contributed by atoms with Gasteiger partial charge in [-0.1, -0.05) is 0 Å². The monoisotopic (exact) mass is 290 g/mol. The van der Waals surface area contributed by atoms with Crippen LogP contribution in [0.4, 0.5) is 18.9 Å². The van der Waals surface area contributed by atoms with Crippen LogP contribution in [0.15, 0.2) is 11.0 Å². The Balaban J connectivity index is 2.62. The van der Waals surface area contributed by atoms with Crippen molar-refractivity contribution in [1.29, 1.82) is 0 Å². The van der Waals surface area contributed by atoms with Crippen molar-refractivity contribution in [2.75, 3.05) is 11.4 Å². The topological polar surface area (TPSA) is 90.5 Å². The number of hydrogen-bond donors (Lipinski definition) is 2. The molecule has 0 saturated carbocycles. The molecular formula is C11H9F3N2O4. The minimum absolute atomic E-state index is 0.0508. The Kier molecular flexibility index (Phi) is 3.28. The quantitative estimate of drug-likeness (QED) is 0.804. The molecule has 9 heteroatoms. The molecule has 0 saturated heterocycles. The number of alkyl halides is 3. The van der Waals surface area contributed by atoms with E-state index in [0.29, 0.717) is 4.90 Å². The molecule has 0 unspecified atom stereocenters. The molecule has 2 N–H and O–H groups in total. The Morgan fingerprint density at radius 2 is 2.00 bits per heavy atom. The van der Waals surface area contributed by atoms with Crippen LogP contribution in [0.3, 0.4) is 0 Å². The second kappa shape index (κ2) is 4.66. The summed E-state index contributed by atoms with van der Waals surface area (Å²) in [7, 11) is 0. The van der Waals surface area contributed by atoms with E-state index < -0.39 is 29.3 Å². The van der Waals surface area contributed by atoms with Crippen LogP contribution in [-0.4, -0.2) is 34.7 Å². The van der Waals surface area contributed by atoms with Gasteiger partial charge in [0.2, 0.25) is 0 Å². The van der Waals surface area contributed by atoms with Crippen molar-refractivity contribution >= 4 is 17.6 Å². The van der Waals surface area contributed by atoms with Crippen molar-refractivity contribution in [1.82, 2.24) is 4.98 Å². The van der Waals surface area contributed by atoms with Gasteiger partial charge in [0, 0.05) is 12.7 Å². The number of H-pyrrole nitrogens is 1. The smallest absolute Gasteiger partial charge is 0.471 e. The summed E-state index contributed by atoms with van der Waals surface area (Å²) in [6.45, 7) is -0.280. The van der Waals surface area contributed by atoms with Crippen LogP contribution in [0, 0.1) is 0 Å². The number of carbonyl (C=O) groups is 2. The lowest BCUT2D eigenvalue weighted by Crippen LogP contribution is -2.46. The number of halogens is 3. The molecule has 1 aromatic heterocycles. The first kappa shape index (κ1) is 14.1. The molecule has 2 rings (SSSR count). The first-order valence-corrected chi connectivity index (χ1v) is 5.60. The fourth-order valence-electron chi connectivity index (χ4n) is 2.17. The number of aromatic carboxylic acids is 1.